The molecule has 0 unspecified atom stereocenters. The molecule has 0 saturated carbocycles. The molecular weight excluding hydrogens is 316 g/mol. The summed E-state index contributed by atoms with van der Waals surface area (Å²) in [6.45, 7) is 4.25. The molecule has 25 heavy (non-hydrogen) atoms. The van der Waals surface area contributed by atoms with E-state index in [0.29, 0.717) is 12.0 Å². The van der Waals surface area contributed by atoms with Gasteiger partial charge in [0.1, 0.15) is 5.82 Å². The van der Waals surface area contributed by atoms with E-state index < -0.39 is 0 Å². The molecule has 3 atom stereocenters. The maximum atomic E-state index is 12.8. The van der Waals surface area contributed by atoms with Crippen molar-refractivity contribution < 1.29 is 9.53 Å². The lowest BCUT2D eigenvalue weighted by molar-refractivity contribution is -0.139. The minimum Gasteiger partial charge on any atom is -0.374 e. The summed E-state index contributed by atoms with van der Waals surface area (Å²) in [6.07, 6.45) is 3.66. The number of carbonyl (C=O) groups is 1. The third kappa shape index (κ3) is 2.83. The van der Waals surface area contributed by atoms with Gasteiger partial charge in [-0.25, -0.2) is 4.98 Å². The second kappa shape index (κ2) is 6.11. The van der Waals surface area contributed by atoms with Gasteiger partial charge in [-0.1, -0.05) is 12.1 Å². The summed E-state index contributed by atoms with van der Waals surface area (Å²) in [5.74, 6) is 1.43. The Morgan fingerprint density at radius 2 is 2.04 bits per heavy atom. The number of fused-ring (bicyclic) bond motifs is 3. The van der Waals surface area contributed by atoms with Crippen molar-refractivity contribution in [3.8, 4) is 0 Å². The Morgan fingerprint density at radius 1 is 1.20 bits per heavy atom. The van der Waals surface area contributed by atoms with E-state index >= 15 is 0 Å². The minimum atomic E-state index is 0.112. The number of aromatic amines is 1. The summed E-state index contributed by atoms with van der Waals surface area (Å²) in [5, 5.41) is 0. The second-order valence-electron chi connectivity index (χ2n) is 7.52. The molecule has 1 N–H and O–H groups in total. The predicted molar refractivity (Wildman–Crippen MR) is 94.0 cm³/mol. The van der Waals surface area contributed by atoms with Crippen LogP contribution in [0.1, 0.15) is 25.1 Å². The average Bonchev–Trinajstić information content (AvgIpc) is 3.36. The van der Waals surface area contributed by atoms with Crippen molar-refractivity contribution in [3.05, 3.63) is 30.1 Å². The summed E-state index contributed by atoms with van der Waals surface area (Å²) >= 11 is 0. The van der Waals surface area contributed by atoms with Crippen molar-refractivity contribution in [2.24, 2.45) is 5.92 Å². The van der Waals surface area contributed by atoms with Crippen LogP contribution in [0.15, 0.2) is 24.3 Å². The lowest BCUT2D eigenvalue weighted by atomic mass is 9.88. The molecular formula is C19H24N4O2. The largest absolute Gasteiger partial charge is 0.374 e. The SMILES string of the molecule is O=C([C@@H]1C[C@H]2CC[C@H]1O2)N1CCN(Cc2nc3ccccc3[nH]2)CC1. The summed E-state index contributed by atoms with van der Waals surface area (Å²) < 4.78 is 5.86. The van der Waals surface area contributed by atoms with E-state index in [9.17, 15) is 4.79 Å². The van der Waals surface area contributed by atoms with E-state index in [1.165, 1.54) is 0 Å². The lowest BCUT2D eigenvalue weighted by Crippen LogP contribution is -2.51. The van der Waals surface area contributed by atoms with Crippen LogP contribution >= 0.6 is 0 Å². The zero-order valence-corrected chi connectivity index (χ0v) is 14.4. The number of hydrogen-bond acceptors (Lipinski definition) is 4. The van der Waals surface area contributed by atoms with Gasteiger partial charge in [0.2, 0.25) is 5.91 Å². The standard InChI is InChI=1S/C19H24N4O2/c24-19(14-11-13-5-6-17(14)25-13)23-9-7-22(8-10-23)12-18-20-15-3-1-2-4-16(15)21-18/h1-4,13-14,17H,5-12H2,(H,20,21)/t13-,14-,17-/m1/s1. The maximum absolute atomic E-state index is 12.8. The molecule has 1 aromatic carbocycles. The van der Waals surface area contributed by atoms with Crippen LogP contribution in [0.2, 0.25) is 0 Å². The number of para-hydroxylation sites is 2. The number of amides is 1. The number of ether oxygens (including phenoxy) is 1. The lowest BCUT2D eigenvalue weighted by Gasteiger charge is -2.36. The molecule has 1 aromatic heterocycles. The third-order valence-corrected chi connectivity index (χ3v) is 5.92. The molecule has 132 valence electrons. The predicted octanol–water partition coefficient (Wildman–Crippen LogP) is 1.77. The summed E-state index contributed by atoms with van der Waals surface area (Å²) in [4.78, 5) is 25.2. The van der Waals surface area contributed by atoms with Gasteiger partial charge in [-0.3, -0.25) is 9.69 Å². The molecule has 0 spiro atoms. The van der Waals surface area contributed by atoms with Crippen molar-refractivity contribution in [2.75, 3.05) is 26.2 Å². The van der Waals surface area contributed by atoms with Crippen molar-refractivity contribution >= 4 is 16.9 Å². The van der Waals surface area contributed by atoms with Crippen LogP contribution in [0, 0.1) is 5.92 Å². The van der Waals surface area contributed by atoms with Crippen LogP contribution in [0.3, 0.4) is 0 Å². The fourth-order valence-electron chi connectivity index (χ4n) is 4.55. The van der Waals surface area contributed by atoms with Crippen LogP contribution in [-0.2, 0) is 16.1 Å². The van der Waals surface area contributed by atoms with Gasteiger partial charge in [0, 0.05) is 26.2 Å². The van der Waals surface area contributed by atoms with Gasteiger partial charge < -0.3 is 14.6 Å². The summed E-state index contributed by atoms with van der Waals surface area (Å²) in [6, 6.07) is 8.12. The van der Waals surface area contributed by atoms with Crippen molar-refractivity contribution in [2.45, 2.75) is 38.0 Å². The minimum absolute atomic E-state index is 0.112. The molecule has 6 nitrogen and oxygen atoms in total. The van der Waals surface area contributed by atoms with Gasteiger partial charge in [0.15, 0.2) is 0 Å². The highest BCUT2D eigenvalue weighted by molar-refractivity contribution is 5.80. The van der Waals surface area contributed by atoms with Crippen LogP contribution in [-0.4, -0.2) is 64.1 Å². The number of carbonyl (C=O) groups excluding carboxylic acids is 1. The van der Waals surface area contributed by atoms with E-state index in [-0.39, 0.29) is 12.0 Å². The maximum Gasteiger partial charge on any atom is 0.228 e. The average molecular weight is 340 g/mol. The monoisotopic (exact) mass is 340 g/mol. The van der Waals surface area contributed by atoms with E-state index in [4.69, 9.17) is 4.74 Å². The van der Waals surface area contributed by atoms with Gasteiger partial charge in [0.05, 0.1) is 35.7 Å². The van der Waals surface area contributed by atoms with Crippen LogP contribution < -0.4 is 0 Å². The molecule has 0 radical (unpaired) electrons. The first-order valence-electron chi connectivity index (χ1n) is 9.36. The number of benzene rings is 1. The van der Waals surface area contributed by atoms with Gasteiger partial charge in [-0.15, -0.1) is 0 Å². The zero-order valence-electron chi connectivity index (χ0n) is 14.4. The van der Waals surface area contributed by atoms with Crippen molar-refractivity contribution in [1.29, 1.82) is 0 Å². The first kappa shape index (κ1) is 15.3. The van der Waals surface area contributed by atoms with E-state index in [0.717, 1.165) is 68.8 Å². The molecule has 1 amide bonds. The Kier molecular flexibility index (Phi) is 3.75. The zero-order chi connectivity index (χ0) is 16.8. The Bertz CT molecular complexity index is 748. The summed E-state index contributed by atoms with van der Waals surface area (Å²) in [5.41, 5.74) is 2.10. The van der Waals surface area contributed by atoms with Gasteiger partial charge in [-0.2, -0.15) is 0 Å². The highest BCUT2D eigenvalue weighted by Gasteiger charge is 2.45. The van der Waals surface area contributed by atoms with E-state index in [1.54, 1.807) is 0 Å². The molecule has 6 heteroatoms. The molecule has 0 aliphatic carbocycles. The second-order valence-corrected chi connectivity index (χ2v) is 7.52. The Morgan fingerprint density at radius 3 is 2.76 bits per heavy atom. The molecule has 3 fully saturated rings. The first-order chi connectivity index (χ1) is 12.3. The highest BCUT2D eigenvalue weighted by Crippen LogP contribution is 2.39. The van der Waals surface area contributed by atoms with Gasteiger partial charge in [0.25, 0.3) is 0 Å². The molecule has 3 aliphatic rings. The Labute approximate surface area is 147 Å². The number of nitrogens with one attached hydrogen (secondary N) is 1. The molecule has 3 saturated heterocycles. The Hall–Kier alpha value is -1.92. The number of nitrogens with zero attached hydrogens (tertiary/aromatic N) is 3. The van der Waals surface area contributed by atoms with Crippen LogP contribution in [0.4, 0.5) is 0 Å². The number of aromatic nitrogens is 2. The fraction of sp³-hybridized carbons (Fsp3) is 0.579. The highest BCUT2D eigenvalue weighted by atomic mass is 16.5. The normalized spacial score (nSPS) is 29.6. The van der Waals surface area contributed by atoms with Crippen molar-refractivity contribution in [3.63, 3.8) is 0 Å². The molecule has 3 aliphatic heterocycles. The molecule has 2 bridgehead atoms. The van der Waals surface area contributed by atoms with Crippen LogP contribution in [0.5, 0.6) is 0 Å². The number of rotatable bonds is 3. The van der Waals surface area contributed by atoms with Gasteiger partial charge >= 0.3 is 0 Å². The fourth-order valence-corrected chi connectivity index (χ4v) is 4.55. The number of piperazine rings is 1. The van der Waals surface area contributed by atoms with E-state index in [2.05, 4.69) is 20.9 Å². The number of H-pyrrole nitrogens is 1. The first-order valence-corrected chi connectivity index (χ1v) is 9.36. The van der Waals surface area contributed by atoms with Crippen molar-refractivity contribution in [1.82, 2.24) is 19.8 Å². The molecule has 5 rings (SSSR count). The van der Waals surface area contributed by atoms with E-state index in [1.807, 2.05) is 23.1 Å². The molecule has 2 aromatic rings. The van der Waals surface area contributed by atoms with Gasteiger partial charge in [-0.05, 0) is 31.4 Å². The number of imidazole rings is 1. The van der Waals surface area contributed by atoms with Crippen LogP contribution in [0.25, 0.3) is 11.0 Å². The topological polar surface area (TPSA) is 61.5 Å². The Balaban J connectivity index is 1.18. The third-order valence-electron chi connectivity index (χ3n) is 5.92. The smallest absolute Gasteiger partial charge is 0.228 e. The number of hydrogen-bond donors (Lipinski definition) is 1. The summed E-state index contributed by atoms with van der Waals surface area (Å²) in [7, 11) is 0. The quantitative estimate of drug-likeness (QED) is 0.925. The molecule has 4 heterocycles.